The van der Waals surface area contributed by atoms with Gasteiger partial charge in [0.2, 0.25) is 0 Å². The van der Waals surface area contributed by atoms with Crippen molar-refractivity contribution in [2.24, 2.45) is 0 Å². The van der Waals surface area contributed by atoms with Crippen molar-refractivity contribution in [1.29, 1.82) is 0 Å². The van der Waals surface area contributed by atoms with Crippen molar-refractivity contribution in [2.75, 3.05) is 24.2 Å². The maximum absolute atomic E-state index is 11.8. The standard InChI is InChI=1S/C18H23N3O2/c1-13-8-9-16(15(19)12-13)21-18(22)20-10-5-11-23-17-7-4-3-6-14(17)2/h3-4,6-9,12H,5,10-11,19H2,1-2H3,(H2,20,21,22). The SMILES string of the molecule is Cc1ccc(NC(=O)NCCCOc2ccccc2C)c(N)c1. The molecule has 5 heteroatoms. The Balaban J connectivity index is 1.68. The first-order chi connectivity index (χ1) is 11.1. The highest BCUT2D eigenvalue weighted by Gasteiger charge is 2.04. The Bertz CT molecular complexity index is 671. The molecule has 0 fully saturated rings. The van der Waals surface area contributed by atoms with Gasteiger partial charge in [-0.2, -0.15) is 0 Å². The second-order valence-corrected chi connectivity index (χ2v) is 5.44. The molecule has 0 radical (unpaired) electrons. The molecule has 0 bridgehead atoms. The number of anilines is 2. The summed E-state index contributed by atoms with van der Waals surface area (Å²) in [6.45, 7) is 5.04. The summed E-state index contributed by atoms with van der Waals surface area (Å²) in [4.78, 5) is 11.8. The molecule has 4 N–H and O–H groups in total. The lowest BCUT2D eigenvalue weighted by Gasteiger charge is -2.11. The molecule has 0 aliphatic rings. The molecule has 2 amide bonds. The predicted octanol–water partition coefficient (Wildman–Crippen LogP) is 3.48. The smallest absolute Gasteiger partial charge is 0.319 e. The number of benzene rings is 2. The van der Waals surface area contributed by atoms with E-state index in [0.29, 0.717) is 24.5 Å². The van der Waals surface area contributed by atoms with Crippen LogP contribution in [0.15, 0.2) is 42.5 Å². The number of nitrogens with one attached hydrogen (secondary N) is 2. The molecule has 0 aliphatic carbocycles. The number of hydrogen-bond donors (Lipinski definition) is 3. The maximum atomic E-state index is 11.8. The number of urea groups is 1. The fourth-order valence-corrected chi connectivity index (χ4v) is 2.14. The first-order valence-corrected chi connectivity index (χ1v) is 7.65. The van der Waals surface area contributed by atoms with Crippen molar-refractivity contribution in [3.05, 3.63) is 53.6 Å². The van der Waals surface area contributed by atoms with Crippen molar-refractivity contribution in [3.63, 3.8) is 0 Å². The van der Waals surface area contributed by atoms with Crippen LogP contribution in [0.2, 0.25) is 0 Å². The number of aryl methyl sites for hydroxylation is 2. The van der Waals surface area contributed by atoms with E-state index >= 15 is 0 Å². The van der Waals surface area contributed by atoms with Gasteiger partial charge in [0.15, 0.2) is 0 Å². The van der Waals surface area contributed by atoms with E-state index in [1.807, 2.05) is 50.2 Å². The number of amides is 2. The van der Waals surface area contributed by atoms with Crippen LogP contribution in [-0.2, 0) is 0 Å². The number of nitrogen functional groups attached to an aromatic ring is 1. The van der Waals surface area contributed by atoms with E-state index in [1.54, 1.807) is 6.07 Å². The Morgan fingerprint density at radius 2 is 1.96 bits per heavy atom. The van der Waals surface area contributed by atoms with Gasteiger partial charge >= 0.3 is 6.03 Å². The van der Waals surface area contributed by atoms with Crippen molar-refractivity contribution in [2.45, 2.75) is 20.3 Å². The number of nitrogens with two attached hydrogens (primary N) is 1. The molecule has 0 aliphatic heterocycles. The highest BCUT2D eigenvalue weighted by atomic mass is 16.5. The fraction of sp³-hybridized carbons (Fsp3) is 0.278. The second-order valence-electron chi connectivity index (χ2n) is 5.44. The third kappa shape index (κ3) is 5.21. The molecule has 0 atom stereocenters. The summed E-state index contributed by atoms with van der Waals surface area (Å²) in [5, 5.41) is 5.53. The number of ether oxygens (including phenoxy) is 1. The van der Waals surface area contributed by atoms with Crippen LogP contribution in [0.4, 0.5) is 16.2 Å². The lowest BCUT2D eigenvalue weighted by Crippen LogP contribution is -2.30. The molecule has 122 valence electrons. The van der Waals surface area contributed by atoms with E-state index in [0.717, 1.165) is 23.3 Å². The summed E-state index contributed by atoms with van der Waals surface area (Å²) in [6.07, 6.45) is 0.727. The van der Waals surface area contributed by atoms with Gasteiger partial charge in [0, 0.05) is 6.54 Å². The molecule has 2 aromatic carbocycles. The van der Waals surface area contributed by atoms with Gasteiger partial charge in [0.1, 0.15) is 5.75 Å². The Hall–Kier alpha value is -2.69. The summed E-state index contributed by atoms with van der Waals surface area (Å²) in [5.41, 5.74) is 9.20. The van der Waals surface area contributed by atoms with Gasteiger partial charge in [-0.05, 0) is 49.6 Å². The van der Waals surface area contributed by atoms with Crippen LogP contribution in [0.5, 0.6) is 5.75 Å². The highest BCUT2D eigenvalue weighted by molar-refractivity contribution is 5.92. The summed E-state index contributed by atoms with van der Waals surface area (Å²) >= 11 is 0. The Morgan fingerprint density at radius 3 is 2.70 bits per heavy atom. The minimum atomic E-state index is -0.267. The number of hydrogen-bond acceptors (Lipinski definition) is 3. The molecular formula is C18H23N3O2. The van der Waals surface area contributed by atoms with Gasteiger partial charge in [-0.15, -0.1) is 0 Å². The molecule has 2 aromatic rings. The summed E-state index contributed by atoms with van der Waals surface area (Å²) in [7, 11) is 0. The molecule has 0 heterocycles. The molecule has 2 rings (SSSR count). The van der Waals surface area contributed by atoms with E-state index in [-0.39, 0.29) is 6.03 Å². The van der Waals surface area contributed by atoms with Crippen LogP contribution < -0.4 is 21.1 Å². The zero-order valence-corrected chi connectivity index (χ0v) is 13.6. The van der Waals surface area contributed by atoms with Gasteiger partial charge in [0.05, 0.1) is 18.0 Å². The van der Waals surface area contributed by atoms with Crippen LogP contribution in [0.1, 0.15) is 17.5 Å². The third-order valence-electron chi connectivity index (χ3n) is 3.41. The Morgan fingerprint density at radius 1 is 1.17 bits per heavy atom. The normalized spacial score (nSPS) is 10.2. The second kappa shape index (κ2) is 8.08. The summed E-state index contributed by atoms with van der Waals surface area (Å²) in [5.74, 6) is 0.879. The summed E-state index contributed by atoms with van der Waals surface area (Å²) < 4.78 is 5.68. The summed E-state index contributed by atoms with van der Waals surface area (Å²) in [6, 6.07) is 13.1. The lowest BCUT2D eigenvalue weighted by atomic mass is 10.2. The topological polar surface area (TPSA) is 76.4 Å². The fourth-order valence-electron chi connectivity index (χ4n) is 2.14. The van der Waals surface area contributed by atoms with E-state index < -0.39 is 0 Å². The van der Waals surface area contributed by atoms with Crippen molar-refractivity contribution >= 4 is 17.4 Å². The number of rotatable bonds is 6. The van der Waals surface area contributed by atoms with Crippen molar-refractivity contribution in [1.82, 2.24) is 5.32 Å². The molecule has 0 aromatic heterocycles. The minimum absolute atomic E-state index is 0.267. The van der Waals surface area contributed by atoms with E-state index in [2.05, 4.69) is 10.6 Å². The molecule has 0 unspecified atom stereocenters. The molecule has 0 saturated heterocycles. The molecule has 0 saturated carbocycles. The largest absolute Gasteiger partial charge is 0.493 e. The van der Waals surface area contributed by atoms with Crippen LogP contribution >= 0.6 is 0 Å². The van der Waals surface area contributed by atoms with E-state index in [4.69, 9.17) is 10.5 Å². The predicted molar refractivity (Wildman–Crippen MR) is 93.9 cm³/mol. The minimum Gasteiger partial charge on any atom is -0.493 e. The highest BCUT2D eigenvalue weighted by Crippen LogP contribution is 2.19. The van der Waals surface area contributed by atoms with Gasteiger partial charge < -0.3 is 21.1 Å². The Kier molecular flexibility index (Phi) is 5.86. The average molecular weight is 313 g/mol. The van der Waals surface area contributed by atoms with E-state index in [1.165, 1.54) is 0 Å². The van der Waals surface area contributed by atoms with Crippen LogP contribution in [0.25, 0.3) is 0 Å². The van der Waals surface area contributed by atoms with Gasteiger partial charge in [0.25, 0.3) is 0 Å². The molecule has 5 nitrogen and oxygen atoms in total. The van der Waals surface area contributed by atoms with Gasteiger partial charge in [-0.25, -0.2) is 4.79 Å². The quantitative estimate of drug-likeness (QED) is 0.564. The van der Waals surface area contributed by atoms with Crippen molar-refractivity contribution in [3.8, 4) is 5.75 Å². The maximum Gasteiger partial charge on any atom is 0.319 e. The lowest BCUT2D eigenvalue weighted by molar-refractivity contribution is 0.250. The number of carbonyl (C=O) groups is 1. The van der Waals surface area contributed by atoms with Gasteiger partial charge in [-0.3, -0.25) is 0 Å². The first-order valence-electron chi connectivity index (χ1n) is 7.65. The zero-order chi connectivity index (χ0) is 16.7. The monoisotopic (exact) mass is 313 g/mol. The van der Waals surface area contributed by atoms with Crippen LogP contribution in [0, 0.1) is 13.8 Å². The molecule has 23 heavy (non-hydrogen) atoms. The number of para-hydroxylation sites is 1. The van der Waals surface area contributed by atoms with Crippen molar-refractivity contribution < 1.29 is 9.53 Å². The Labute approximate surface area is 136 Å². The third-order valence-corrected chi connectivity index (χ3v) is 3.41. The molecule has 0 spiro atoms. The van der Waals surface area contributed by atoms with Crippen LogP contribution in [0.3, 0.4) is 0 Å². The average Bonchev–Trinajstić information content (AvgIpc) is 2.51. The first kappa shape index (κ1) is 16.7. The van der Waals surface area contributed by atoms with E-state index in [9.17, 15) is 4.79 Å². The van der Waals surface area contributed by atoms with Crippen LogP contribution in [-0.4, -0.2) is 19.2 Å². The van der Waals surface area contributed by atoms with Gasteiger partial charge in [-0.1, -0.05) is 24.3 Å². The molecular weight excluding hydrogens is 290 g/mol. The zero-order valence-electron chi connectivity index (χ0n) is 13.6. The number of carbonyl (C=O) groups excluding carboxylic acids is 1.